The fraction of sp³-hybridized carbons (Fsp3) is 0.615. The number of carbonyl (C=O) groups is 1. The number of thiophene rings is 1. The molecule has 1 aliphatic heterocycles. The van der Waals surface area contributed by atoms with Gasteiger partial charge in [-0.3, -0.25) is 0 Å². The molecule has 1 aromatic heterocycles. The lowest BCUT2D eigenvalue weighted by Crippen LogP contribution is -2.29. The van der Waals surface area contributed by atoms with Crippen molar-refractivity contribution in [2.24, 2.45) is 11.8 Å². The summed E-state index contributed by atoms with van der Waals surface area (Å²) in [6.45, 7) is 2.82. The highest BCUT2D eigenvalue weighted by Crippen LogP contribution is 2.40. The van der Waals surface area contributed by atoms with Gasteiger partial charge < -0.3 is 5.11 Å². The Kier molecular flexibility index (Phi) is 3.38. The maximum atomic E-state index is 12.6. The van der Waals surface area contributed by atoms with E-state index in [1.807, 2.05) is 0 Å². The molecule has 1 aliphatic carbocycles. The molecule has 110 valence electrons. The second-order valence-corrected chi connectivity index (χ2v) is 8.87. The van der Waals surface area contributed by atoms with Crippen LogP contribution in [0.1, 0.15) is 34.5 Å². The second-order valence-electron chi connectivity index (χ2n) is 5.66. The maximum Gasteiger partial charge on any atom is 0.346 e. The lowest BCUT2D eigenvalue weighted by atomic mass is 10.0. The average molecular weight is 315 g/mol. The van der Waals surface area contributed by atoms with Crippen molar-refractivity contribution in [3.63, 3.8) is 0 Å². The number of rotatable bonds is 3. The van der Waals surface area contributed by atoms with Crippen LogP contribution >= 0.6 is 11.3 Å². The number of fused-ring (bicyclic) bond motifs is 1. The number of nitrogens with zero attached hydrogens (tertiary/aromatic N) is 1. The number of carboxylic acids is 1. The Morgan fingerprint density at radius 3 is 2.45 bits per heavy atom. The first-order valence-electron chi connectivity index (χ1n) is 6.73. The highest BCUT2D eigenvalue weighted by atomic mass is 32.2. The molecule has 0 amide bonds. The van der Waals surface area contributed by atoms with Gasteiger partial charge in [0, 0.05) is 13.1 Å². The molecular formula is C13H17NO4S2. The predicted molar refractivity (Wildman–Crippen MR) is 75.6 cm³/mol. The summed E-state index contributed by atoms with van der Waals surface area (Å²) >= 11 is 0.860. The van der Waals surface area contributed by atoms with Gasteiger partial charge in [-0.05, 0) is 43.2 Å². The number of aromatic carboxylic acids is 1. The first kappa shape index (κ1) is 14.0. The third-order valence-corrected chi connectivity index (χ3v) is 7.88. The molecule has 1 saturated heterocycles. The van der Waals surface area contributed by atoms with Crippen LogP contribution in [-0.4, -0.2) is 36.9 Å². The molecule has 7 heteroatoms. The van der Waals surface area contributed by atoms with E-state index in [1.165, 1.54) is 12.5 Å². The lowest BCUT2D eigenvalue weighted by Gasteiger charge is -2.15. The Morgan fingerprint density at radius 1 is 1.35 bits per heavy atom. The predicted octanol–water partition coefficient (Wildman–Crippen LogP) is 2.18. The standard InChI is InChI=1S/C13H17NO4S2/c1-8-5-11(19-12(8)13(15)16)20(17,18)14-6-9-3-2-4-10(9)7-14/h5,9-10H,2-4,6-7H2,1H3,(H,15,16)/t9-,10-/m0/s1. The SMILES string of the molecule is Cc1cc(S(=O)(=O)N2C[C@@H]3CCC[C@H]3C2)sc1C(=O)O. The van der Waals surface area contributed by atoms with Crippen LogP contribution in [0.3, 0.4) is 0 Å². The molecule has 3 rings (SSSR count). The second kappa shape index (κ2) is 4.82. The molecule has 1 aromatic rings. The fourth-order valence-electron chi connectivity index (χ4n) is 3.31. The normalized spacial score (nSPS) is 26.9. The number of carboxylic acid groups (broad SMARTS) is 1. The van der Waals surface area contributed by atoms with Gasteiger partial charge in [0.15, 0.2) is 0 Å². The van der Waals surface area contributed by atoms with Crippen molar-refractivity contribution in [1.82, 2.24) is 4.31 Å². The molecule has 20 heavy (non-hydrogen) atoms. The highest BCUT2D eigenvalue weighted by Gasteiger charge is 2.42. The van der Waals surface area contributed by atoms with E-state index in [2.05, 4.69) is 0 Å². The Balaban J connectivity index is 1.89. The molecule has 0 spiro atoms. The summed E-state index contributed by atoms with van der Waals surface area (Å²) in [5.41, 5.74) is 0.514. The van der Waals surface area contributed by atoms with Gasteiger partial charge in [0.05, 0.1) is 0 Å². The van der Waals surface area contributed by atoms with Gasteiger partial charge in [0.2, 0.25) is 0 Å². The largest absolute Gasteiger partial charge is 0.477 e. The monoisotopic (exact) mass is 315 g/mol. The number of hydrogen-bond donors (Lipinski definition) is 1. The quantitative estimate of drug-likeness (QED) is 0.927. The average Bonchev–Trinajstić information content (AvgIpc) is 3.00. The number of hydrogen-bond acceptors (Lipinski definition) is 4. The molecule has 2 fully saturated rings. The third-order valence-electron chi connectivity index (χ3n) is 4.38. The lowest BCUT2D eigenvalue weighted by molar-refractivity contribution is 0.0701. The van der Waals surface area contributed by atoms with Gasteiger partial charge in [0.1, 0.15) is 9.09 Å². The van der Waals surface area contributed by atoms with Gasteiger partial charge in [-0.1, -0.05) is 6.42 Å². The summed E-state index contributed by atoms with van der Waals surface area (Å²) in [5, 5.41) is 9.04. The summed E-state index contributed by atoms with van der Waals surface area (Å²) in [7, 11) is -3.53. The van der Waals surface area contributed by atoms with Gasteiger partial charge in [-0.15, -0.1) is 11.3 Å². The Morgan fingerprint density at radius 2 is 1.95 bits per heavy atom. The number of aryl methyl sites for hydroxylation is 1. The van der Waals surface area contributed by atoms with Crippen molar-refractivity contribution in [2.45, 2.75) is 30.4 Å². The van der Waals surface area contributed by atoms with Gasteiger partial charge in [0.25, 0.3) is 10.0 Å². The fourth-order valence-corrected chi connectivity index (χ4v) is 6.40. The van der Waals surface area contributed by atoms with Gasteiger partial charge in [-0.25, -0.2) is 13.2 Å². The smallest absolute Gasteiger partial charge is 0.346 e. The molecule has 0 bridgehead atoms. The van der Waals surface area contributed by atoms with Crippen LogP contribution in [0, 0.1) is 18.8 Å². The van der Waals surface area contributed by atoms with Crippen LogP contribution in [0.4, 0.5) is 0 Å². The van der Waals surface area contributed by atoms with Crippen molar-refractivity contribution in [3.05, 3.63) is 16.5 Å². The van der Waals surface area contributed by atoms with Crippen LogP contribution in [0.2, 0.25) is 0 Å². The minimum Gasteiger partial charge on any atom is -0.477 e. The van der Waals surface area contributed by atoms with E-state index in [9.17, 15) is 13.2 Å². The van der Waals surface area contributed by atoms with Crippen molar-refractivity contribution in [2.75, 3.05) is 13.1 Å². The van der Waals surface area contributed by atoms with Crippen molar-refractivity contribution < 1.29 is 18.3 Å². The maximum absolute atomic E-state index is 12.6. The van der Waals surface area contributed by atoms with Crippen LogP contribution in [0.15, 0.2) is 10.3 Å². The van der Waals surface area contributed by atoms with E-state index in [0.717, 1.165) is 24.2 Å². The molecule has 0 radical (unpaired) electrons. The molecule has 1 saturated carbocycles. The summed E-state index contributed by atoms with van der Waals surface area (Å²) in [6.07, 6.45) is 3.42. The number of sulfonamides is 1. The van der Waals surface area contributed by atoms with Crippen molar-refractivity contribution in [1.29, 1.82) is 0 Å². The molecule has 5 nitrogen and oxygen atoms in total. The van der Waals surface area contributed by atoms with E-state index >= 15 is 0 Å². The van der Waals surface area contributed by atoms with Crippen LogP contribution in [-0.2, 0) is 10.0 Å². The Labute approximate surface area is 122 Å². The molecule has 0 aromatic carbocycles. The van der Waals surface area contributed by atoms with E-state index in [-0.39, 0.29) is 9.09 Å². The first-order chi connectivity index (χ1) is 9.39. The summed E-state index contributed by atoms with van der Waals surface area (Å²) < 4.78 is 26.9. The van der Waals surface area contributed by atoms with E-state index in [1.54, 1.807) is 11.2 Å². The zero-order chi connectivity index (χ0) is 14.5. The van der Waals surface area contributed by atoms with Crippen LogP contribution in [0.25, 0.3) is 0 Å². The highest BCUT2D eigenvalue weighted by molar-refractivity contribution is 7.91. The molecule has 0 unspecified atom stereocenters. The van der Waals surface area contributed by atoms with Crippen LogP contribution in [0.5, 0.6) is 0 Å². The third kappa shape index (κ3) is 2.17. The minimum absolute atomic E-state index is 0.114. The molecule has 1 N–H and O–H groups in total. The summed E-state index contributed by atoms with van der Waals surface area (Å²) in [4.78, 5) is 11.2. The van der Waals surface area contributed by atoms with Gasteiger partial charge >= 0.3 is 5.97 Å². The Bertz CT molecular complexity index is 637. The van der Waals surface area contributed by atoms with E-state index in [0.29, 0.717) is 30.5 Å². The summed E-state index contributed by atoms with van der Waals surface area (Å²) in [6, 6.07) is 1.48. The van der Waals surface area contributed by atoms with Crippen molar-refractivity contribution >= 4 is 27.3 Å². The zero-order valence-corrected chi connectivity index (χ0v) is 12.8. The molecule has 2 atom stereocenters. The van der Waals surface area contributed by atoms with Gasteiger partial charge in [-0.2, -0.15) is 4.31 Å². The summed E-state index contributed by atoms with van der Waals surface area (Å²) in [5.74, 6) is -0.0817. The molecule has 2 heterocycles. The van der Waals surface area contributed by atoms with Crippen molar-refractivity contribution in [3.8, 4) is 0 Å². The van der Waals surface area contributed by atoms with E-state index < -0.39 is 16.0 Å². The Hall–Kier alpha value is -0.920. The van der Waals surface area contributed by atoms with E-state index in [4.69, 9.17) is 5.11 Å². The zero-order valence-electron chi connectivity index (χ0n) is 11.2. The molecule has 2 aliphatic rings. The van der Waals surface area contributed by atoms with Crippen LogP contribution < -0.4 is 0 Å². The molecular weight excluding hydrogens is 298 g/mol. The first-order valence-corrected chi connectivity index (χ1v) is 8.99. The topological polar surface area (TPSA) is 74.7 Å². The minimum atomic E-state index is -3.53.